The third kappa shape index (κ3) is 7.79. The molecule has 1 aromatic heterocycles. The third-order valence-electron chi connectivity index (χ3n) is 4.69. The summed E-state index contributed by atoms with van der Waals surface area (Å²) in [4.78, 5) is 4.09. The van der Waals surface area contributed by atoms with E-state index < -0.39 is 24.0 Å². The zero-order valence-electron chi connectivity index (χ0n) is 20.5. The molecule has 8 heteroatoms. The van der Waals surface area contributed by atoms with Crippen molar-refractivity contribution in [3.8, 4) is 0 Å². The number of pyridine rings is 1. The first-order valence-electron chi connectivity index (χ1n) is 11.0. The van der Waals surface area contributed by atoms with Crippen LogP contribution in [0.2, 0.25) is 0 Å². The maximum Gasteiger partial charge on any atom is 0.294 e. The minimum Gasteiger partial charge on any atom is -0.456 e. The Balaban J connectivity index is 0.00000281. The van der Waals surface area contributed by atoms with Crippen molar-refractivity contribution in [3.05, 3.63) is 83.7 Å². The highest BCUT2D eigenvalue weighted by molar-refractivity contribution is 5.64. The summed E-state index contributed by atoms with van der Waals surface area (Å²) in [6, 6.07) is 7.52. The fraction of sp³-hybridized carbons (Fsp3) is 0.308. The first-order chi connectivity index (χ1) is 16.2. The van der Waals surface area contributed by atoms with Crippen LogP contribution >= 0.6 is 0 Å². The van der Waals surface area contributed by atoms with Gasteiger partial charge in [-0.15, -0.1) is 0 Å². The number of hydrazone groups is 1. The fourth-order valence-electron chi connectivity index (χ4n) is 2.92. The van der Waals surface area contributed by atoms with Crippen molar-refractivity contribution in [1.29, 1.82) is 0 Å². The van der Waals surface area contributed by atoms with Crippen LogP contribution in [0.4, 0.5) is 19.0 Å². The van der Waals surface area contributed by atoms with Crippen LogP contribution in [0.25, 0.3) is 11.3 Å². The number of nitrogens with two attached hydrogens (primary N) is 1. The van der Waals surface area contributed by atoms with Gasteiger partial charge in [0, 0.05) is 29.7 Å². The van der Waals surface area contributed by atoms with Crippen LogP contribution in [0.5, 0.6) is 0 Å². The van der Waals surface area contributed by atoms with Crippen molar-refractivity contribution in [2.75, 3.05) is 5.73 Å². The molecule has 0 saturated heterocycles. The van der Waals surface area contributed by atoms with Crippen molar-refractivity contribution >= 4 is 23.4 Å². The summed E-state index contributed by atoms with van der Waals surface area (Å²) in [5, 5.41) is 5.98. The number of ether oxygens (including phenoxy) is 1. The number of hydrogen-bond donors (Lipinski definition) is 1. The lowest BCUT2D eigenvalue weighted by Crippen LogP contribution is -2.17. The molecule has 0 bridgehead atoms. The smallest absolute Gasteiger partial charge is 0.294 e. The number of alkyl halides is 2. The van der Waals surface area contributed by atoms with Gasteiger partial charge in [-0.3, -0.25) is 5.01 Å². The zero-order valence-corrected chi connectivity index (χ0v) is 20.5. The first kappa shape index (κ1) is 28.5. The van der Waals surface area contributed by atoms with E-state index in [4.69, 9.17) is 10.5 Å². The lowest BCUT2D eigenvalue weighted by Gasteiger charge is -2.25. The molecule has 0 aliphatic carbocycles. The minimum atomic E-state index is -2.83. The SMILES string of the molecule is C=C(OC(=CC)c1ccc(C(C)N(/C=C(\C)c2ccc(N)nc2)/N=C/C)c(F)c1)C(F)F.CC. The molecule has 34 heavy (non-hydrogen) atoms. The van der Waals surface area contributed by atoms with E-state index in [2.05, 4.69) is 16.7 Å². The summed E-state index contributed by atoms with van der Waals surface area (Å²) in [6.07, 6.45) is 3.70. The van der Waals surface area contributed by atoms with E-state index in [1.807, 2.05) is 33.8 Å². The Morgan fingerprint density at radius 1 is 1.18 bits per heavy atom. The van der Waals surface area contributed by atoms with Crippen LogP contribution in [0, 0.1) is 5.82 Å². The average molecular weight is 475 g/mol. The van der Waals surface area contributed by atoms with Crippen molar-refractivity contribution in [2.24, 2.45) is 5.10 Å². The predicted octanol–water partition coefficient (Wildman–Crippen LogP) is 7.42. The number of halogens is 3. The summed E-state index contributed by atoms with van der Waals surface area (Å²) >= 11 is 0. The molecule has 1 atom stereocenters. The monoisotopic (exact) mass is 474 g/mol. The summed E-state index contributed by atoms with van der Waals surface area (Å²) in [7, 11) is 0. The Kier molecular flexibility index (Phi) is 11.6. The van der Waals surface area contributed by atoms with Crippen molar-refractivity contribution in [1.82, 2.24) is 9.99 Å². The molecule has 2 aromatic rings. The van der Waals surface area contributed by atoms with Crippen LogP contribution in [0.15, 0.2) is 66.2 Å². The van der Waals surface area contributed by atoms with Gasteiger partial charge in [-0.05, 0) is 63.1 Å². The van der Waals surface area contributed by atoms with Gasteiger partial charge < -0.3 is 10.5 Å². The number of hydrogen-bond acceptors (Lipinski definition) is 5. The number of nitrogen functional groups attached to an aromatic ring is 1. The second-order valence-corrected chi connectivity index (χ2v) is 6.97. The summed E-state index contributed by atoms with van der Waals surface area (Å²) in [6.45, 7) is 14.3. The number of allylic oxidation sites excluding steroid dienone is 3. The molecule has 0 amide bonds. The minimum absolute atomic E-state index is 0.100. The normalized spacial score (nSPS) is 12.9. The molecular formula is C26H33F3N4O. The maximum absolute atomic E-state index is 15.0. The second-order valence-electron chi connectivity index (χ2n) is 6.97. The second kappa shape index (κ2) is 13.9. The van der Waals surface area contributed by atoms with E-state index in [0.717, 1.165) is 11.1 Å². The van der Waals surface area contributed by atoms with Crippen molar-refractivity contribution < 1.29 is 17.9 Å². The Hall–Kier alpha value is -3.55. The molecule has 1 aromatic carbocycles. The molecule has 0 radical (unpaired) electrons. The van der Waals surface area contributed by atoms with Crippen LogP contribution in [-0.4, -0.2) is 22.6 Å². The van der Waals surface area contributed by atoms with E-state index >= 15 is 4.39 Å². The molecule has 2 rings (SSSR count). The number of nitrogens with zero attached hydrogens (tertiary/aromatic N) is 3. The predicted molar refractivity (Wildman–Crippen MR) is 134 cm³/mol. The van der Waals surface area contributed by atoms with Gasteiger partial charge in [0.25, 0.3) is 6.43 Å². The van der Waals surface area contributed by atoms with E-state index in [0.29, 0.717) is 16.9 Å². The lowest BCUT2D eigenvalue weighted by atomic mass is 10.0. The Labute approximate surface area is 200 Å². The van der Waals surface area contributed by atoms with Crippen LogP contribution in [-0.2, 0) is 4.74 Å². The molecule has 0 aliphatic heterocycles. The number of anilines is 1. The number of rotatable bonds is 9. The zero-order chi connectivity index (χ0) is 25.8. The Bertz CT molecular complexity index is 1030. The quantitative estimate of drug-likeness (QED) is 0.233. The molecule has 2 N–H and O–H groups in total. The molecule has 0 spiro atoms. The number of aromatic nitrogens is 1. The summed E-state index contributed by atoms with van der Waals surface area (Å²) in [5.74, 6) is -0.695. The lowest BCUT2D eigenvalue weighted by molar-refractivity contribution is 0.129. The average Bonchev–Trinajstić information content (AvgIpc) is 2.83. The number of benzene rings is 1. The van der Waals surface area contributed by atoms with Gasteiger partial charge in [-0.25, -0.2) is 18.2 Å². The Morgan fingerprint density at radius 3 is 2.32 bits per heavy atom. The molecule has 5 nitrogen and oxygen atoms in total. The summed E-state index contributed by atoms with van der Waals surface area (Å²) < 4.78 is 45.6. The van der Waals surface area contributed by atoms with Crippen LogP contribution in [0.1, 0.15) is 64.3 Å². The highest BCUT2D eigenvalue weighted by atomic mass is 19.3. The maximum atomic E-state index is 15.0. The van der Waals surface area contributed by atoms with E-state index in [1.165, 1.54) is 12.1 Å². The highest BCUT2D eigenvalue weighted by Gasteiger charge is 2.19. The topological polar surface area (TPSA) is 63.7 Å². The van der Waals surface area contributed by atoms with Crippen molar-refractivity contribution in [2.45, 2.75) is 54.0 Å². The van der Waals surface area contributed by atoms with Crippen molar-refractivity contribution in [3.63, 3.8) is 0 Å². The molecule has 0 fully saturated rings. The highest BCUT2D eigenvalue weighted by Crippen LogP contribution is 2.29. The van der Waals surface area contributed by atoms with E-state index in [1.54, 1.807) is 55.7 Å². The van der Waals surface area contributed by atoms with Gasteiger partial charge >= 0.3 is 0 Å². The van der Waals surface area contributed by atoms with Crippen LogP contribution < -0.4 is 5.73 Å². The molecule has 184 valence electrons. The van der Waals surface area contributed by atoms with Gasteiger partial charge in [-0.2, -0.15) is 5.10 Å². The summed E-state index contributed by atoms with van der Waals surface area (Å²) in [5.41, 5.74) is 8.06. The van der Waals surface area contributed by atoms with Gasteiger partial charge in [0.1, 0.15) is 17.4 Å². The first-order valence-corrected chi connectivity index (χ1v) is 11.0. The van der Waals surface area contributed by atoms with Gasteiger partial charge in [-0.1, -0.05) is 32.6 Å². The molecular weight excluding hydrogens is 441 g/mol. The fourth-order valence-corrected chi connectivity index (χ4v) is 2.92. The standard InChI is InChI=1S/C24H27F3N4O.C2H6/c1-6-22(32-17(5)24(26)27)18-8-10-20(21(25)12-18)16(4)31(30-7-2)14-15(3)19-9-11-23(28)29-13-19;1-2/h6-14,16,24H,5H2,1-4H3,(H2,28,29);1-2H3/b15-14+,22-6?,30-7+;. The molecule has 1 heterocycles. The Morgan fingerprint density at radius 2 is 1.82 bits per heavy atom. The van der Waals surface area contributed by atoms with Gasteiger partial charge in [0.15, 0.2) is 5.76 Å². The third-order valence-corrected chi connectivity index (χ3v) is 4.69. The van der Waals surface area contributed by atoms with Gasteiger partial charge in [0.2, 0.25) is 0 Å². The van der Waals surface area contributed by atoms with Crippen LogP contribution in [0.3, 0.4) is 0 Å². The van der Waals surface area contributed by atoms with Gasteiger partial charge in [0.05, 0.1) is 6.04 Å². The van der Waals surface area contributed by atoms with E-state index in [9.17, 15) is 8.78 Å². The molecule has 1 unspecified atom stereocenters. The van der Waals surface area contributed by atoms with E-state index in [-0.39, 0.29) is 5.76 Å². The molecule has 0 saturated carbocycles. The molecule has 0 aliphatic rings. The largest absolute Gasteiger partial charge is 0.456 e.